The molecule has 2 rings (SSSR count). The van der Waals surface area contributed by atoms with Crippen LogP contribution in [-0.4, -0.2) is 9.78 Å². The van der Waals surface area contributed by atoms with E-state index in [2.05, 4.69) is 5.10 Å². The van der Waals surface area contributed by atoms with E-state index in [0.29, 0.717) is 5.69 Å². The highest BCUT2D eigenvalue weighted by atomic mass is 19.4. The molecule has 0 saturated heterocycles. The molecule has 0 N–H and O–H groups in total. The number of rotatable bonds is 3. The van der Waals surface area contributed by atoms with Gasteiger partial charge in [-0.25, -0.2) is 0 Å². The van der Waals surface area contributed by atoms with E-state index in [0.717, 1.165) is 18.9 Å². The van der Waals surface area contributed by atoms with E-state index >= 15 is 0 Å². The van der Waals surface area contributed by atoms with Crippen LogP contribution >= 0.6 is 0 Å². The molecule has 1 aromatic heterocycles. The molecule has 1 fully saturated rings. The average molecular weight is 243 g/mol. The lowest BCUT2D eigenvalue weighted by Crippen LogP contribution is -2.12. The van der Waals surface area contributed by atoms with Crippen molar-refractivity contribution < 1.29 is 13.2 Å². The first-order valence-corrected chi connectivity index (χ1v) is 5.47. The monoisotopic (exact) mass is 243 g/mol. The number of halogens is 3. The summed E-state index contributed by atoms with van der Waals surface area (Å²) in [6.45, 7) is 1.71. The zero-order valence-electron chi connectivity index (χ0n) is 9.33. The van der Waals surface area contributed by atoms with Crippen LogP contribution in [0.4, 0.5) is 13.2 Å². The van der Waals surface area contributed by atoms with Gasteiger partial charge in [0.05, 0.1) is 18.5 Å². The van der Waals surface area contributed by atoms with Gasteiger partial charge in [-0.2, -0.15) is 23.5 Å². The molecule has 1 aliphatic carbocycles. The van der Waals surface area contributed by atoms with E-state index in [-0.39, 0.29) is 18.4 Å². The molecule has 0 spiro atoms. The van der Waals surface area contributed by atoms with Crippen LogP contribution in [0.25, 0.3) is 0 Å². The van der Waals surface area contributed by atoms with Crippen molar-refractivity contribution in [3.8, 4) is 6.07 Å². The molecular formula is C11H12F3N3. The minimum absolute atomic E-state index is 0.165. The molecular weight excluding hydrogens is 231 g/mol. The van der Waals surface area contributed by atoms with Crippen LogP contribution < -0.4 is 0 Å². The minimum atomic E-state index is -4.42. The summed E-state index contributed by atoms with van der Waals surface area (Å²) in [4.78, 5) is 0. The first-order chi connectivity index (χ1) is 7.93. The summed E-state index contributed by atoms with van der Waals surface area (Å²) in [6.07, 6.45) is -2.44. The van der Waals surface area contributed by atoms with E-state index in [1.807, 2.05) is 6.07 Å². The first-order valence-electron chi connectivity index (χ1n) is 5.47. The Morgan fingerprint density at radius 3 is 2.71 bits per heavy atom. The lowest BCUT2D eigenvalue weighted by atomic mass is 10.2. The Hall–Kier alpha value is -1.51. The maximum absolute atomic E-state index is 12.6. The van der Waals surface area contributed by atoms with Gasteiger partial charge in [-0.05, 0) is 25.8 Å². The fourth-order valence-corrected chi connectivity index (χ4v) is 1.80. The molecule has 1 aromatic rings. The van der Waals surface area contributed by atoms with Gasteiger partial charge in [-0.1, -0.05) is 0 Å². The second-order valence-corrected chi connectivity index (χ2v) is 4.38. The maximum Gasteiger partial charge on any atom is 0.435 e. The Kier molecular flexibility index (Phi) is 2.86. The van der Waals surface area contributed by atoms with Gasteiger partial charge in [0.1, 0.15) is 0 Å². The van der Waals surface area contributed by atoms with Crippen LogP contribution in [0.1, 0.15) is 49.5 Å². The summed E-state index contributed by atoms with van der Waals surface area (Å²) >= 11 is 0. The fraction of sp³-hybridized carbons (Fsp3) is 0.636. The molecule has 1 heterocycles. The molecule has 0 bridgehead atoms. The highest BCUT2D eigenvalue weighted by Gasteiger charge is 2.38. The van der Waals surface area contributed by atoms with E-state index in [1.54, 1.807) is 6.92 Å². The number of alkyl halides is 3. The predicted molar refractivity (Wildman–Crippen MR) is 54.1 cm³/mol. The molecule has 1 aliphatic rings. The van der Waals surface area contributed by atoms with Crippen molar-refractivity contribution in [3.63, 3.8) is 0 Å². The van der Waals surface area contributed by atoms with Crippen molar-refractivity contribution in [3.05, 3.63) is 17.5 Å². The van der Waals surface area contributed by atoms with Crippen LogP contribution in [0.5, 0.6) is 0 Å². The van der Waals surface area contributed by atoms with Crippen LogP contribution in [0, 0.1) is 11.3 Å². The summed E-state index contributed by atoms with van der Waals surface area (Å²) in [5, 5.41) is 12.2. The largest absolute Gasteiger partial charge is 0.435 e. The molecule has 17 heavy (non-hydrogen) atoms. The van der Waals surface area contributed by atoms with E-state index in [1.165, 1.54) is 4.68 Å². The first kappa shape index (κ1) is 12.0. The van der Waals surface area contributed by atoms with Crippen LogP contribution in [0.3, 0.4) is 0 Å². The maximum atomic E-state index is 12.6. The van der Waals surface area contributed by atoms with Gasteiger partial charge in [-0.3, -0.25) is 4.68 Å². The lowest BCUT2D eigenvalue weighted by molar-refractivity contribution is -0.141. The number of nitrogens with zero attached hydrogens (tertiary/aromatic N) is 3. The Bertz CT molecular complexity index is 452. The van der Waals surface area contributed by atoms with Gasteiger partial charge in [0, 0.05) is 11.6 Å². The van der Waals surface area contributed by atoms with Gasteiger partial charge in [-0.15, -0.1) is 0 Å². The van der Waals surface area contributed by atoms with Crippen molar-refractivity contribution >= 4 is 0 Å². The Morgan fingerprint density at radius 1 is 1.59 bits per heavy atom. The van der Waals surface area contributed by atoms with Gasteiger partial charge in [0.15, 0.2) is 5.69 Å². The molecule has 0 aromatic carbocycles. The summed E-state index contributed by atoms with van der Waals surface area (Å²) in [7, 11) is 0. The van der Waals surface area contributed by atoms with Crippen molar-refractivity contribution in [2.45, 2.75) is 44.3 Å². The number of hydrogen-bond acceptors (Lipinski definition) is 2. The van der Waals surface area contributed by atoms with E-state index in [9.17, 15) is 13.2 Å². The topological polar surface area (TPSA) is 41.6 Å². The Morgan fingerprint density at radius 2 is 2.24 bits per heavy atom. The Balaban J connectivity index is 2.36. The quantitative estimate of drug-likeness (QED) is 0.817. The lowest BCUT2D eigenvalue weighted by Gasteiger charge is -2.12. The molecule has 3 nitrogen and oxygen atoms in total. The van der Waals surface area contributed by atoms with Gasteiger partial charge < -0.3 is 0 Å². The average Bonchev–Trinajstić information content (AvgIpc) is 2.95. The van der Waals surface area contributed by atoms with Gasteiger partial charge >= 0.3 is 6.18 Å². The third-order valence-corrected chi connectivity index (χ3v) is 2.85. The molecule has 6 heteroatoms. The van der Waals surface area contributed by atoms with Crippen LogP contribution in [-0.2, 0) is 6.18 Å². The minimum Gasteiger partial charge on any atom is -0.265 e. The third-order valence-electron chi connectivity index (χ3n) is 2.85. The number of hydrogen-bond donors (Lipinski definition) is 0. The van der Waals surface area contributed by atoms with Crippen molar-refractivity contribution in [2.24, 2.45) is 0 Å². The van der Waals surface area contributed by atoms with E-state index in [4.69, 9.17) is 5.26 Å². The van der Waals surface area contributed by atoms with Crippen LogP contribution in [0.15, 0.2) is 6.07 Å². The zero-order chi connectivity index (χ0) is 12.6. The summed E-state index contributed by atoms with van der Waals surface area (Å²) in [5.74, 6) is 0.180. The second-order valence-electron chi connectivity index (χ2n) is 4.38. The molecule has 0 aliphatic heterocycles. The van der Waals surface area contributed by atoms with Crippen LogP contribution in [0.2, 0.25) is 0 Å². The van der Waals surface area contributed by atoms with Crippen molar-refractivity contribution in [1.29, 1.82) is 5.26 Å². The normalized spacial score (nSPS) is 17.8. The Labute approximate surface area is 96.8 Å². The summed E-state index contributed by atoms with van der Waals surface area (Å²) in [5.41, 5.74) is -0.246. The smallest absolute Gasteiger partial charge is 0.265 e. The van der Waals surface area contributed by atoms with Gasteiger partial charge in [0.25, 0.3) is 0 Å². The molecule has 92 valence electrons. The molecule has 1 atom stereocenters. The standard InChI is InChI=1S/C11H12F3N3/c1-7(4-5-15)17-9(8-2-3-8)6-10(16-17)11(12,13)14/h6-8H,2-4H2,1H3/t7-/m1/s1. The third kappa shape index (κ3) is 2.43. The molecule has 0 unspecified atom stereocenters. The number of nitriles is 1. The zero-order valence-corrected chi connectivity index (χ0v) is 9.33. The van der Waals surface area contributed by atoms with E-state index < -0.39 is 11.9 Å². The highest BCUT2D eigenvalue weighted by Crippen LogP contribution is 2.43. The summed E-state index contributed by atoms with van der Waals surface area (Å²) in [6, 6.07) is 2.76. The molecule has 0 radical (unpaired) electrons. The fourth-order valence-electron chi connectivity index (χ4n) is 1.80. The predicted octanol–water partition coefficient (Wildman–Crippen LogP) is 3.25. The van der Waals surface area contributed by atoms with Crippen molar-refractivity contribution in [2.75, 3.05) is 0 Å². The van der Waals surface area contributed by atoms with Crippen molar-refractivity contribution in [1.82, 2.24) is 9.78 Å². The van der Waals surface area contributed by atoms with Gasteiger partial charge in [0.2, 0.25) is 0 Å². The second kappa shape index (κ2) is 4.06. The highest BCUT2D eigenvalue weighted by molar-refractivity contribution is 5.21. The molecule has 0 amide bonds. The SMILES string of the molecule is C[C@H](CC#N)n1nc(C(F)(F)F)cc1C1CC1. The molecule has 1 saturated carbocycles. The summed E-state index contributed by atoms with van der Waals surface area (Å²) < 4.78 is 39.1. The number of aromatic nitrogens is 2.